The molecule has 0 spiro atoms. The van der Waals surface area contributed by atoms with Crippen LogP contribution < -0.4 is 38.8 Å². The van der Waals surface area contributed by atoms with Crippen molar-refractivity contribution in [2.45, 2.75) is 43.2 Å². The van der Waals surface area contributed by atoms with Crippen LogP contribution in [-0.4, -0.2) is 45.0 Å². The summed E-state index contributed by atoms with van der Waals surface area (Å²) < 4.78 is 93.8. The molecule has 16 nitrogen and oxygen atoms in total. The number of carbonyl (C=O) groups excluding carboxylic acids is 1. The lowest BCUT2D eigenvalue weighted by atomic mass is 10.0. The van der Waals surface area contributed by atoms with Gasteiger partial charge >= 0.3 is 7.37 Å². The maximum absolute atomic E-state index is 14.2. The molecule has 10 aromatic carbocycles. The second-order valence-corrected chi connectivity index (χ2v) is 25.9. The molecule has 0 amide bonds. The fraction of sp³-hybridized carbons (Fsp3) is 0.0746. The Labute approximate surface area is 520 Å². The van der Waals surface area contributed by atoms with Gasteiger partial charge in [0.1, 0.15) is 68.3 Å². The number of hydrogen-bond donors (Lipinski definition) is 2. The number of nitrogens with zero attached hydrogens (tertiary/aromatic N) is 1. The first kappa shape index (κ1) is 62.2. The summed E-state index contributed by atoms with van der Waals surface area (Å²) in [7, 11) is -5.16. The van der Waals surface area contributed by atoms with Gasteiger partial charge in [0, 0.05) is 48.3 Å². The number of para-hydroxylation sites is 1. The summed E-state index contributed by atoms with van der Waals surface area (Å²) in [5.41, 5.74) is 4.21. The average molecular weight is 1270 g/mol. The molecule has 1 aliphatic heterocycles. The molecule has 0 bridgehead atoms. The van der Waals surface area contributed by atoms with Crippen LogP contribution in [0.15, 0.2) is 248 Å². The molecule has 0 saturated carbocycles. The first-order valence-electron chi connectivity index (χ1n) is 26.6. The van der Waals surface area contributed by atoms with E-state index in [9.17, 15) is 27.6 Å². The summed E-state index contributed by atoms with van der Waals surface area (Å²) in [4.78, 5) is 17.1. The lowest BCUT2D eigenvalue weighted by Crippen LogP contribution is -2.26. The molecule has 10 aromatic rings. The molecule has 444 valence electrons. The van der Waals surface area contributed by atoms with Gasteiger partial charge in [-0.05, 0) is 177 Å². The predicted molar refractivity (Wildman–Crippen MR) is 337 cm³/mol. The fourth-order valence-electron chi connectivity index (χ4n) is 8.97. The molecule has 21 heteroatoms. The maximum Gasteiger partial charge on any atom is 0.311 e. The van der Waals surface area contributed by atoms with E-state index in [1.165, 1.54) is 35.5 Å². The van der Waals surface area contributed by atoms with Gasteiger partial charge in [0.15, 0.2) is 12.6 Å². The van der Waals surface area contributed by atoms with Crippen molar-refractivity contribution in [3.63, 3.8) is 0 Å². The van der Waals surface area contributed by atoms with Gasteiger partial charge in [0.05, 0.1) is 29.8 Å². The average Bonchev–Trinajstić information content (AvgIpc) is 0.777. The molecule has 0 saturated heterocycles. The highest BCUT2D eigenvalue weighted by Crippen LogP contribution is 2.55. The first-order valence-corrected chi connectivity index (χ1v) is 32.1. The lowest BCUT2D eigenvalue weighted by Gasteiger charge is -2.29. The normalized spacial score (nSPS) is 13.1. The molecular weight excluding hydrogens is 1220 g/mol. The second kappa shape index (κ2) is 28.4. The van der Waals surface area contributed by atoms with Crippen LogP contribution in [0.5, 0.6) is 51.7 Å². The van der Waals surface area contributed by atoms with Crippen LogP contribution in [0.3, 0.4) is 0 Å². The first-order chi connectivity index (χ1) is 42.6. The smallest absolute Gasteiger partial charge is 0.311 e. The summed E-state index contributed by atoms with van der Waals surface area (Å²) >= 11 is 3.80. The molecule has 88 heavy (non-hydrogen) atoms. The van der Waals surface area contributed by atoms with E-state index in [1.54, 1.807) is 118 Å². The van der Waals surface area contributed by atoms with Crippen molar-refractivity contribution < 1.29 is 69.9 Å². The van der Waals surface area contributed by atoms with Crippen molar-refractivity contribution in [3.05, 3.63) is 246 Å². The number of methoxy groups -OCH3 is 2. The van der Waals surface area contributed by atoms with Crippen LogP contribution in [0, 0.1) is 25.2 Å². The molecular formula is C67H52NO15PS4. The summed E-state index contributed by atoms with van der Waals surface area (Å²) in [6, 6.07) is 66.4. The number of ketones is 1. The van der Waals surface area contributed by atoms with Crippen LogP contribution >= 0.6 is 42.9 Å². The monoisotopic (exact) mass is 1270 g/mol. The number of fused-ring (bicyclic) bond motifs is 3. The van der Waals surface area contributed by atoms with Crippen LogP contribution in [0.25, 0.3) is 11.1 Å². The van der Waals surface area contributed by atoms with Crippen molar-refractivity contribution in [1.82, 2.24) is 0 Å². The molecule has 0 radical (unpaired) electrons. The highest BCUT2D eigenvalue weighted by atomic mass is 32.2. The molecule has 1 heterocycles. The van der Waals surface area contributed by atoms with Crippen molar-refractivity contribution >= 4 is 69.4 Å². The van der Waals surface area contributed by atoms with E-state index in [4.69, 9.17) is 38.2 Å². The van der Waals surface area contributed by atoms with Crippen molar-refractivity contribution in [2.75, 3.05) is 21.0 Å². The molecule has 0 aromatic heterocycles. The van der Waals surface area contributed by atoms with E-state index in [0.29, 0.717) is 67.8 Å². The zero-order valence-electron chi connectivity index (χ0n) is 47.2. The third-order valence-electron chi connectivity index (χ3n) is 13.3. The number of nitriles is 1. The summed E-state index contributed by atoms with van der Waals surface area (Å²) in [6.07, 6.45) is 0. The Morgan fingerprint density at radius 2 is 1.10 bits per heavy atom. The van der Waals surface area contributed by atoms with E-state index in [-0.39, 0.29) is 35.0 Å². The summed E-state index contributed by atoms with van der Waals surface area (Å²) in [6.45, 7) is 3.91. The zero-order valence-corrected chi connectivity index (χ0v) is 51.4. The number of carbonyl (C=O) groups is 1. The van der Waals surface area contributed by atoms with Gasteiger partial charge in [-0.15, -0.1) is 4.33 Å². The van der Waals surface area contributed by atoms with Crippen LogP contribution in [-0.2, 0) is 28.8 Å². The summed E-state index contributed by atoms with van der Waals surface area (Å²) in [5, 5.41) is 23.3. The van der Waals surface area contributed by atoms with Crippen molar-refractivity contribution in [3.8, 4) is 68.9 Å². The van der Waals surface area contributed by atoms with E-state index in [0.717, 1.165) is 42.3 Å². The predicted octanol–water partition coefficient (Wildman–Crippen LogP) is 16.7. The summed E-state index contributed by atoms with van der Waals surface area (Å²) in [5.74, 6) is 3.01. The Balaban J connectivity index is 0.000000262. The van der Waals surface area contributed by atoms with Crippen LogP contribution in [0.4, 0.5) is 0 Å². The third-order valence-corrected chi connectivity index (χ3v) is 19.4. The molecule has 2 N–H and O–H groups in total. The van der Waals surface area contributed by atoms with Gasteiger partial charge in [0.2, 0.25) is 0 Å². The van der Waals surface area contributed by atoms with E-state index >= 15 is 0 Å². The van der Waals surface area contributed by atoms with Crippen molar-refractivity contribution in [2.24, 2.45) is 0 Å². The Morgan fingerprint density at radius 1 is 0.580 bits per heavy atom. The highest BCUT2D eigenvalue weighted by Gasteiger charge is 2.40. The molecule has 1 unspecified atom stereocenters. The van der Waals surface area contributed by atoms with Gasteiger partial charge in [-0.3, -0.25) is 13.9 Å². The Morgan fingerprint density at radius 3 is 1.67 bits per heavy atom. The number of aryl methyl sites for hydroxylation is 2. The minimum Gasteiger partial charge on any atom is -0.496 e. The van der Waals surface area contributed by atoms with Gasteiger partial charge in [-0.1, -0.05) is 101 Å². The van der Waals surface area contributed by atoms with Crippen LogP contribution in [0.2, 0.25) is 0 Å². The second-order valence-electron chi connectivity index (χ2n) is 19.2. The van der Waals surface area contributed by atoms with Crippen LogP contribution in [0.1, 0.15) is 32.6 Å². The van der Waals surface area contributed by atoms with E-state index < -0.39 is 28.2 Å². The Hall–Kier alpha value is -8.81. The minimum atomic E-state index is -4.80. The molecule has 1 atom stereocenters. The standard InChI is InChI=1S/C46H33NO10S4.C21H19O5P/c1-29-6-17-36(18-7-29)58-37-19-11-33(12-20-37)53-41-4-3-5-42(40(41)28-47)54-34-13-21-38(22-14-34)59-39-23-15-35(16-24-39)55-43-25-10-32(27-45(43)61(50,51)52)46(48)31-9-8-30(2)44(26-31)60-57-56-49;1-23-14-25-15-11-12-19(24-2)21(13-15)27(22)20-10-6-4-8-17(20)16-7-3-5-9-18(16)26-27/h3-27,49H,1-2H3,(H,50,51,52);3-13H,14H2,1-2H3. The molecule has 0 aliphatic carbocycles. The lowest BCUT2D eigenvalue weighted by molar-refractivity contribution is -0.432. The molecule has 11 rings (SSSR count). The number of rotatable bonds is 21. The largest absolute Gasteiger partial charge is 0.496 e. The number of hydrogen-bond acceptors (Lipinski definition) is 18. The maximum atomic E-state index is 14.2. The van der Waals surface area contributed by atoms with Gasteiger partial charge in [0.25, 0.3) is 10.1 Å². The number of benzene rings is 10. The number of ether oxygens (including phenoxy) is 6. The topological polar surface area (TPSA) is 216 Å². The van der Waals surface area contributed by atoms with Gasteiger partial charge in [-0.2, -0.15) is 13.7 Å². The SMILES string of the molecule is COCOc1ccc(OC)c(P2(=O)Oc3ccccc3-c3ccccc32)c1.Cc1ccc(Sc2ccc(Oc3cccc(Oc4ccc(Sc5ccc(Oc6ccc(C(=O)c7ccc(C)c(SOOO)c7)cc6S(=O)(=O)O)cc5)cc4)c3C#N)cc2)cc1. The highest BCUT2D eigenvalue weighted by molar-refractivity contribution is 7.99. The van der Waals surface area contributed by atoms with Gasteiger partial charge < -0.3 is 32.9 Å². The van der Waals surface area contributed by atoms with Gasteiger partial charge in [-0.25, -0.2) is 5.26 Å². The Bertz CT molecular complexity index is 4360. The minimum absolute atomic E-state index is 0.0127. The van der Waals surface area contributed by atoms with Crippen molar-refractivity contribution in [1.29, 1.82) is 5.26 Å². The Kier molecular flexibility index (Phi) is 20.1. The zero-order chi connectivity index (χ0) is 61.8. The van der Waals surface area contributed by atoms with E-state index in [2.05, 4.69) is 46.6 Å². The third kappa shape index (κ3) is 14.9. The molecule has 1 aliphatic rings. The quantitative estimate of drug-likeness (QED) is 0.0130. The van der Waals surface area contributed by atoms with E-state index in [1.807, 2.05) is 84.9 Å². The fourth-order valence-corrected chi connectivity index (χ4v) is 14.2. The molecule has 0 fully saturated rings.